The van der Waals surface area contributed by atoms with Crippen LogP contribution in [-0.2, 0) is 13.1 Å². The van der Waals surface area contributed by atoms with Gasteiger partial charge < -0.3 is 10.6 Å². The second-order valence-corrected chi connectivity index (χ2v) is 5.34. The summed E-state index contributed by atoms with van der Waals surface area (Å²) in [4.78, 5) is 6.88. The van der Waals surface area contributed by atoms with Gasteiger partial charge in [0.2, 0.25) is 0 Å². The molecule has 0 fully saturated rings. The highest BCUT2D eigenvalue weighted by molar-refractivity contribution is 5.51. The Balaban J connectivity index is 2.37. The van der Waals surface area contributed by atoms with Gasteiger partial charge in [-0.15, -0.1) is 0 Å². The lowest BCUT2D eigenvalue weighted by Gasteiger charge is -2.30. The quantitative estimate of drug-likeness (QED) is 0.906. The van der Waals surface area contributed by atoms with Gasteiger partial charge in [-0.3, -0.25) is 0 Å². The lowest BCUT2D eigenvalue weighted by molar-refractivity contribution is 0.667. The zero-order valence-corrected chi connectivity index (χ0v) is 12.5. The molecule has 0 aliphatic rings. The van der Waals surface area contributed by atoms with Crippen LogP contribution in [0, 0.1) is 6.92 Å². The normalized spacial score (nSPS) is 10.8. The van der Waals surface area contributed by atoms with E-state index in [-0.39, 0.29) is 0 Å². The molecule has 106 valence electrons. The summed E-state index contributed by atoms with van der Waals surface area (Å²) < 4.78 is 0. The molecular formula is C17H23N3. The summed E-state index contributed by atoms with van der Waals surface area (Å²) in [5.41, 5.74) is 9.54. The van der Waals surface area contributed by atoms with E-state index in [4.69, 9.17) is 5.73 Å². The van der Waals surface area contributed by atoms with Crippen LogP contribution < -0.4 is 10.6 Å². The second-order valence-electron chi connectivity index (χ2n) is 5.34. The Hall–Kier alpha value is -1.87. The van der Waals surface area contributed by atoms with Gasteiger partial charge in [-0.25, -0.2) is 4.98 Å². The van der Waals surface area contributed by atoms with Gasteiger partial charge in [0.15, 0.2) is 0 Å². The molecule has 1 aromatic carbocycles. The number of nitrogens with zero attached hydrogens (tertiary/aromatic N) is 2. The summed E-state index contributed by atoms with van der Waals surface area (Å²) in [5, 5.41) is 0. The monoisotopic (exact) mass is 269 g/mol. The molecular weight excluding hydrogens is 246 g/mol. The number of aromatic nitrogens is 1. The van der Waals surface area contributed by atoms with Crippen molar-refractivity contribution in [2.45, 2.75) is 39.9 Å². The van der Waals surface area contributed by atoms with Gasteiger partial charge in [-0.2, -0.15) is 0 Å². The standard InChI is InChI=1S/C17H23N3/c1-13(2)20(12-15-7-5-4-6-8-15)17-16(11-18)14(3)9-10-19-17/h4-10,13H,11-12,18H2,1-3H3. The predicted octanol–water partition coefficient (Wildman–Crippen LogP) is 3.26. The van der Waals surface area contributed by atoms with Crippen molar-refractivity contribution in [1.82, 2.24) is 4.98 Å². The lowest BCUT2D eigenvalue weighted by Crippen LogP contribution is -2.32. The van der Waals surface area contributed by atoms with Crippen molar-refractivity contribution in [3.63, 3.8) is 0 Å². The zero-order valence-electron chi connectivity index (χ0n) is 12.5. The van der Waals surface area contributed by atoms with Crippen molar-refractivity contribution in [1.29, 1.82) is 0 Å². The maximum absolute atomic E-state index is 5.92. The summed E-state index contributed by atoms with van der Waals surface area (Å²) >= 11 is 0. The number of pyridine rings is 1. The lowest BCUT2D eigenvalue weighted by atomic mass is 10.1. The third kappa shape index (κ3) is 3.17. The average molecular weight is 269 g/mol. The van der Waals surface area contributed by atoms with Crippen molar-refractivity contribution >= 4 is 5.82 Å². The molecule has 0 spiro atoms. The molecule has 0 atom stereocenters. The molecule has 2 N–H and O–H groups in total. The Kier molecular flexibility index (Phi) is 4.74. The number of rotatable bonds is 5. The number of hydrogen-bond donors (Lipinski definition) is 1. The predicted molar refractivity (Wildman–Crippen MR) is 84.6 cm³/mol. The van der Waals surface area contributed by atoms with Crippen LogP contribution >= 0.6 is 0 Å². The van der Waals surface area contributed by atoms with Gasteiger partial charge in [0.25, 0.3) is 0 Å². The smallest absolute Gasteiger partial charge is 0.133 e. The Labute approximate surface area is 121 Å². The van der Waals surface area contributed by atoms with E-state index < -0.39 is 0 Å². The number of hydrogen-bond acceptors (Lipinski definition) is 3. The highest BCUT2D eigenvalue weighted by Crippen LogP contribution is 2.24. The molecule has 0 bridgehead atoms. The molecule has 0 amide bonds. The van der Waals surface area contributed by atoms with E-state index in [1.165, 1.54) is 11.1 Å². The number of anilines is 1. The van der Waals surface area contributed by atoms with Crippen LogP contribution in [0.3, 0.4) is 0 Å². The molecule has 3 nitrogen and oxygen atoms in total. The third-order valence-electron chi connectivity index (χ3n) is 3.56. The molecule has 3 heteroatoms. The van der Waals surface area contributed by atoms with Gasteiger partial charge >= 0.3 is 0 Å². The molecule has 20 heavy (non-hydrogen) atoms. The van der Waals surface area contributed by atoms with Crippen LogP contribution in [0.15, 0.2) is 42.6 Å². The van der Waals surface area contributed by atoms with Crippen molar-refractivity contribution in [3.8, 4) is 0 Å². The van der Waals surface area contributed by atoms with Gasteiger partial charge in [0, 0.05) is 30.9 Å². The Bertz CT molecular complexity index is 549. The van der Waals surface area contributed by atoms with Crippen LogP contribution in [0.1, 0.15) is 30.5 Å². The van der Waals surface area contributed by atoms with Crippen molar-refractivity contribution in [2.24, 2.45) is 5.73 Å². The maximum Gasteiger partial charge on any atom is 0.133 e. The SMILES string of the molecule is Cc1ccnc(N(Cc2ccccc2)C(C)C)c1CN. The Morgan fingerprint density at radius 1 is 1.15 bits per heavy atom. The fraction of sp³-hybridized carbons (Fsp3) is 0.353. The summed E-state index contributed by atoms with van der Waals surface area (Å²) in [6.07, 6.45) is 1.87. The maximum atomic E-state index is 5.92. The van der Waals surface area contributed by atoms with E-state index in [1.807, 2.05) is 18.3 Å². The zero-order chi connectivity index (χ0) is 14.5. The first-order valence-corrected chi connectivity index (χ1v) is 7.08. The molecule has 1 aromatic heterocycles. The third-order valence-corrected chi connectivity index (χ3v) is 3.56. The largest absolute Gasteiger partial charge is 0.350 e. The summed E-state index contributed by atoms with van der Waals surface area (Å²) in [7, 11) is 0. The van der Waals surface area contributed by atoms with Crippen LogP contribution in [-0.4, -0.2) is 11.0 Å². The van der Waals surface area contributed by atoms with Crippen LogP contribution in [0.25, 0.3) is 0 Å². The molecule has 0 aliphatic carbocycles. The minimum Gasteiger partial charge on any atom is -0.350 e. The van der Waals surface area contributed by atoms with E-state index in [0.29, 0.717) is 12.6 Å². The minimum atomic E-state index is 0.370. The summed E-state index contributed by atoms with van der Waals surface area (Å²) in [6, 6.07) is 12.9. The molecule has 1 heterocycles. The van der Waals surface area contributed by atoms with E-state index in [2.05, 4.69) is 54.9 Å². The van der Waals surface area contributed by atoms with Crippen LogP contribution in [0.2, 0.25) is 0 Å². The summed E-state index contributed by atoms with van der Waals surface area (Å²) in [6.45, 7) is 7.84. The first-order valence-electron chi connectivity index (χ1n) is 7.08. The molecule has 0 aliphatic heterocycles. The van der Waals surface area contributed by atoms with Crippen molar-refractivity contribution in [2.75, 3.05) is 4.90 Å². The fourth-order valence-electron chi connectivity index (χ4n) is 2.36. The highest BCUT2D eigenvalue weighted by Gasteiger charge is 2.17. The van der Waals surface area contributed by atoms with E-state index in [9.17, 15) is 0 Å². The fourth-order valence-corrected chi connectivity index (χ4v) is 2.36. The number of nitrogens with two attached hydrogens (primary N) is 1. The highest BCUT2D eigenvalue weighted by atomic mass is 15.2. The molecule has 0 saturated heterocycles. The van der Waals surface area contributed by atoms with Gasteiger partial charge in [0.1, 0.15) is 5.82 Å². The van der Waals surface area contributed by atoms with Crippen molar-refractivity contribution < 1.29 is 0 Å². The Morgan fingerprint density at radius 3 is 2.45 bits per heavy atom. The number of benzene rings is 1. The summed E-state index contributed by atoms with van der Waals surface area (Å²) in [5.74, 6) is 1.01. The average Bonchev–Trinajstić information content (AvgIpc) is 2.45. The van der Waals surface area contributed by atoms with Gasteiger partial charge in [-0.05, 0) is 38.0 Å². The van der Waals surface area contributed by atoms with Crippen molar-refractivity contribution in [3.05, 3.63) is 59.3 Å². The van der Waals surface area contributed by atoms with E-state index >= 15 is 0 Å². The first-order chi connectivity index (χ1) is 9.63. The van der Waals surface area contributed by atoms with Gasteiger partial charge in [0.05, 0.1) is 0 Å². The molecule has 0 radical (unpaired) electrons. The van der Waals surface area contributed by atoms with Gasteiger partial charge in [-0.1, -0.05) is 30.3 Å². The van der Waals surface area contributed by atoms with E-state index in [1.54, 1.807) is 0 Å². The topological polar surface area (TPSA) is 42.2 Å². The minimum absolute atomic E-state index is 0.370. The number of aryl methyl sites for hydroxylation is 1. The molecule has 2 rings (SSSR count). The van der Waals surface area contributed by atoms with E-state index in [0.717, 1.165) is 17.9 Å². The molecule has 0 saturated carbocycles. The molecule has 0 unspecified atom stereocenters. The molecule has 2 aromatic rings. The first kappa shape index (κ1) is 14.5. The second kappa shape index (κ2) is 6.53. The van der Waals surface area contributed by atoms with Crippen LogP contribution in [0.4, 0.5) is 5.82 Å². The Morgan fingerprint density at radius 2 is 1.85 bits per heavy atom. The van der Waals surface area contributed by atoms with Crippen LogP contribution in [0.5, 0.6) is 0 Å².